The molecular formula is C14H21ClN2O2. The zero-order valence-corrected chi connectivity index (χ0v) is 11.8. The van der Waals surface area contributed by atoms with Gasteiger partial charge in [-0.15, -0.1) is 12.4 Å². The summed E-state index contributed by atoms with van der Waals surface area (Å²) in [6.07, 6.45) is 1.49. The standard InChI is InChI=1S/C14H20N2O2.ClH/c15-13(11-12-5-2-1-3-6-12)14(17)16-7-4-9-18-10-8-16;/h1-3,5-6,13H,4,7-11,15H2;1H/t13-;/m0./s1. The smallest absolute Gasteiger partial charge is 0.239 e. The fraction of sp³-hybridized carbons (Fsp3) is 0.500. The molecule has 1 aromatic rings. The lowest BCUT2D eigenvalue weighted by Crippen LogP contribution is -2.45. The van der Waals surface area contributed by atoms with Gasteiger partial charge in [0.15, 0.2) is 0 Å². The Morgan fingerprint density at radius 1 is 1.26 bits per heavy atom. The second-order valence-electron chi connectivity index (χ2n) is 4.59. The maximum atomic E-state index is 12.2. The minimum atomic E-state index is -0.453. The summed E-state index contributed by atoms with van der Waals surface area (Å²) in [5, 5.41) is 0. The van der Waals surface area contributed by atoms with E-state index in [1.165, 1.54) is 0 Å². The molecule has 1 amide bonds. The monoisotopic (exact) mass is 284 g/mol. The van der Waals surface area contributed by atoms with Crippen molar-refractivity contribution >= 4 is 18.3 Å². The normalized spacial score (nSPS) is 17.2. The van der Waals surface area contributed by atoms with Crippen molar-refractivity contribution in [2.24, 2.45) is 5.73 Å². The Morgan fingerprint density at radius 3 is 2.74 bits per heavy atom. The predicted molar refractivity (Wildman–Crippen MR) is 77.4 cm³/mol. The number of rotatable bonds is 3. The van der Waals surface area contributed by atoms with Gasteiger partial charge in [-0.1, -0.05) is 30.3 Å². The molecule has 4 nitrogen and oxygen atoms in total. The molecule has 1 heterocycles. The summed E-state index contributed by atoms with van der Waals surface area (Å²) in [4.78, 5) is 14.0. The molecule has 0 bridgehead atoms. The zero-order chi connectivity index (χ0) is 12.8. The van der Waals surface area contributed by atoms with Crippen LogP contribution in [0.15, 0.2) is 30.3 Å². The summed E-state index contributed by atoms with van der Waals surface area (Å²) in [7, 11) is 0. The molecule has 1 aliphatic rings. The lowest BCUT2D eigenvalue weighted by atomic mass is 10.1. The van der Waals surface area contributed by atoms with Gasteiger partial charge in [-0.25, -0.2) is 0 Å². The van der Waals surface area contributed by atoms with Crippen LogP contribution in [0.5, 0.6) is 0 Å². The molecular weight excluding hydrogens is 264 g/mol. The summed E-state index contributed by atoms with van der Waals surface area (Å²) < 4.78 is 5.34. The highest BCUT2D eigenvalue weighted by molar-refractivity contribution is 5.85. The highest BCUT2D eigenvalue weighted by Gasteiger charge is 2.21. The van der Waals surface area contributed by atoms with Crippen LogP contribution in [-0.4, -0.2) is 43.2 Å². The van der Waals surface area contributed by atoms with E-state index in [9.17, 15) is 4.79 Å². The Kier molecular flexibility index (Phi) is 6.84. The van der Waals surface area contributed by atoms with Crippen molar-refractivity contribution in [1.82, 2.24) is 4.90 Å². The van der Waals surface area contributed by atoms with E-state index in [0.29, 0.717) is 19.6 Å². The van der Waals surface area contributed by atoms with Crippen molar-refractivity contribution in [2.45, 2.75) is 18.9 Å². The van der Waals surface area contributed by atoms with Crippen LogP contribution in [0.25, 0.3) is 0 Å². The average molecular weight is 285 g/mol. The van der Waals surface area contributed by atoms with Crippen molar-refractivity contribution < 1.29 is 9.53 Å². The molecule has 1 aliphatic heterocycles. The third-order valence-electron chi connectivity index (χ3n) is 3.15. The molecule has 2 N–H and O–H groups in total. The molecule has 0 saturated carbocycles. The number of hydrogen-bond acceptors (Lipinski definition) is 3. The van der Waals surface area contributed by atoms with Crippen LogP contribution in [0.3, 0.4) is 0 Å². The number of nitrogens with two attached hydrogens (primary N) is 1. The van der Waals surface area contributed by atoms with Crippen molar-refractivity contribution in [3.05, 3.63) is 35.9 Å². The quantitative estimate of drug-likeness (QED) is 0.908. The lowest BCUT2D eigenvalue weighted by Gasteiger charge is -2.23. The third-order valence-corrected chi connectivity index (χ3v) is 3.15. The second kappa shape index (κ2) is 8.15. The van der Waals surface area contributed by atoms with E-state index in [1.54, 1.807) is 0 Å². The number of halogens is 1. The molecule has 1 aromatic carbocycles. The van der Waals surface area contributed by atoms with Crippen molar-refractivity contribution in [3.63, 3.8) is 0 Å². The Labute approximate surface area is 120 Å². The van der Waals surface area contributed by atoms with Crippen molar-refractivity contribution in [2.75, 3.05) is 26.3 Å². The van der Waals surface area contributed by atoms with Crippen LogP contribution < -0.4 is 5.73 Å². The van der Waals surface area contributed by atoms with Gasteiger partial charge in [0.05, 0.1) is 12.6 Å². The first-order valence-electron chi connectivity index (χ1n) is 6.43. The van der Waals surface area contributed by atoms with E-state index in [0.717, 1.165) is 25.1 Å². The molecule has 2 rings (SSSR count). The molecule has 1 atom stereocenters. The maximum Gasteiger partial charge on any atom is 0.239 e. The molecule has 0 aliphatic carbocycles. The number of amides is 1. The number of ether oxygens (including phenoxy) is 1. The highest BCUT2D eigenvalue weighted by atomic mass is 35.5. The van der Waals surface area contributed by atoms with Crippen LogP contribution in [0.2, 0.25) is 0 Å². The lowest BCUT2D eigenvalue weighted by molar-refractivity contribution is -0.132. The minimum absolute atomic E-state index is 0. The van der Waals surface area contributed by atoms with Crippen LogP contribution in [-0.2, 0) is 16.0 Å². The Balaban J connectivity index is 0.00000180. The number of nitrogens with zero attached hydrogens (tertiary/aromatic N) is 1. The van der Waals surface area contributed by atoms with E-state index in [2.05, 4.69) is 0 Å². The summed E-state index contributed by atoms with van der Waals surface area (Å²) in [5.74, 6) is 0.0318. The van der Waals surface area contributed by atoms with E-state index >= 15 is 0 Å². The van der Waals surface area contributed by atoms with Gasteiger partial charge in [0.2, 0.25) is 5.91 Å². The fourth-order valence-corrected chi connectivity index (χ4v) is 2.16. The summed E-state index contributed by atoms with van der Waals surface area (Å²) in [6, 6.07) is 9.43. The van der Waals surface area contributed by atoms with Crippen LogP contribution in [0, 0.1) is 0 Å². The first-order valence-corrected chi connectivity index (χ1v) is 6.43. The molecule has 106 valence electrons. The Bertz CT molecular complexity index is 378. The first kappa shape index (κ1) is 16.0. The van der Waals surface area contributed by atoms with Crippen molar-refractivity contribution in [1.29, 1.82) is 0 Å². The van der Waals surface area contributed by atoms with Gasteiger partial charge in [0.1, 0.15) is 0 Å². The zero-order valence-electron chi connectivity index (χ0n) is 11.0. The van der Waals surface area contributed by atoms with Gasteiger partial charge < -0.3 is 15.4 Å². The first-order chi connectivity index (χ1) is 8.77. The van der Waals surface area contributed by atoms with Gasteiger partial charge in [0.25, 0.3) is 0 Å². The number of carbonyl (C=O) groups excluding carboxylic acids is 1. The van der Waals surface area contributed by atoms with Crippen LogP contribution >= 0.6 is 12.4 Å². The highest BCUT2D eigenvalue weighted by Crippen LogP contribution is 2.06. The van der Waals surface area contributed by atoms with E-state index in [4.69, 9.17) is 10.5 Å². The van der Waals surface area contributed by atoms with E-state index in [-0.39, 0.29) is 18.3 Å². The van der Waals surface area contributed by atoms with Gasteiger partial charge in [-0.3, -0.25) is 4.79 Å². The summed E-state index contributed by atoms with van der Waals surface area (Å²) in [6.45, 7) is 2.75. The Hall–Kier alpha value is -1.10. The van der Waals surface area contributed by atoms with Gasteiger partial charge >= 0.3 is 0 Å². The minimum Gasteiger partial charge on any atom is -0.380 e. The van der Waals surface area contributed by atoms with E-state index < -0.39 is 6.04 Å². The summed E-state index contributed by atoms with van der Waals surface area (Å²) >= 11 is 0. The Morgan fingerprint density at radius 2 is 2.00 bits per heavy atom. The molecule has 0 spiro atoms. The predicted octanol–water partition coefficient (Wildman–Crippen LogP) is 1.23. The van der Waals surface area contributed by atoms with E-state index in [1.807, 2.05) is 35.2 Å². The number of hydrogen-bond donors (Lipinski definition) is 1. The second-order valence-corrected chi connectivity index (χ2v) is 4.59. The molecule has 1 saturated heterocycles. The molecule has 1 fully saturated rings. The fourth-order valence-electron chi connectivity index (χ4n) is 2.16. The van der Waals surface area contributed by atoms with Crippen LogP contribution in [0.4, 0.5) is 0 Å². The third kappa shape index (κ3) is 4.82. The number of benzene rings is 1. The topological polar surface area (TPSA) is 55.6 Å². The van der Waals surface area contributed by atoms with Gasteiger partial charge in [-0.2, -0.15) is 0 Å². The molecule has 0 unspecified atom stereocenters. The molecule has 5 heteroatoms. The largest absolute Gasteiger partial charge is 0.380 e. The van der Waals surface area contributed by atoms with Gasteiger partial charge in [0, 0.05) is 19.7 Å². The number of carbonyl (C=O) groups is 1. The molecule has 0 radical (unpaired) electrons. The van der Waals surface area contributed by atoms with Crippen molar-refractivity contribution in [3.8, 4) is 0 Å². The van der Waals surface area contributed by atoms with Gasteiger partial charge in [-0.05, 0) is 18.4 Å². The van der Waals surface area contributed by atoms with Crippen LogP contribution in [0.1, 0.15) is 12.0 Å². The average Bonchev–Trinajstić information content (AvgIpc) is 2.68. The molecule has 0 aromatic heterocycles. The summed E-state index contributed by atoms with van der Waals surface area (Å²) in [5.41, 5.74) is 7.10. The maximum absolute atomic E-state index is 12.2. The molecule has 19 heavy (non-hydrogen) atoms. The SMILES string of the molecule is Cl.N[C@@H](Cc1ccccc1)C(=O)N1CCCOCC1.